The minimum absolute atomic E-state index is 0.245. The summed E-state index contributed by atoms with van der Waals surface area (Å²) in [4.78, 5) is 14.9. The third-order valence-electron chi connectivity index (χ3n) is 5.91. The van der Waals surface area contributed by atoms with E-state index >= 15 is 0 Å². The molecule has 0 aliphatic carbocycles. The lowest BCUT2D eigenvalue weighted by Crippen LogP contribution is -2.40. The van der Waals surface area contributed by atoms with E-state index in [9.17, 15) is 13.2 Å². The van der Waals surface area contributed by atoms with E-state index in [1.807, 2.05) is 32.0 Å². The van der Waals surface area contributed by atoms with Crippen molar-refractivity contribution in [2.45, 2.75) is 40.2 Å². The van der Waals surface area contributed by atoms with Crippen LogP contribution in [0.25, 0.3) is 0 Å². The lowest BCUT2D eigenvalue weighted by atomic mass is 9.99. The van der Waals surface area contributed by atoms with Crippen molar-refractivity contribution in [3.63, 3.8) is 0 Å². The first-order valence-electron chi connectivity index (χ1n) is 10.8. The lowest BCUT2D eigenvalue weighted by Gasteiger charge is -2.32. The molecule has 0 radical (unpaired) electrons. The number of sulfonamides is 1. The zero-order chi connectivity index (χ0) is 22.6. The Kier molecular flexibility index (Phi) is 7.26. The Bertz CT molecular complexity index is 1020. The summed E-state index contributed by atoms with van der Waals surface area (Å²) in [5, 5.41) is 2.84. The fourth-order valence-corrected chi connectivity index (χ4v) is 4.76. The fourth-order valence-electron chi connectivity index (χ4n) is 3.92. The van der Waals surface area contributed by atoms with Gasteiger partial charge >= 0.3 is 0 Å². The van der Waals surface area contributed by atoms with Gasteiger partial charge < -0.3 is 10.2 Å². The van der Waals surface area contributed by atoms with Crippen LogP contribution >= 0.6 is 0 Å². The normalized spacial score (nSPS) is 16.8. The Morgan fingerprint density at radius 2 is 1.84 bits per heavy atom. The third kappa shape index (κ3) is 6.23. The summed E-state index contributed by atoms with van der Waals surface area (Å²) >= 11 is 0. The van der Waals surface area contributed by atoms with Crippen LogP contribution in [0.5, 0.6) is 0 Å². The molecule has 1 saturated heterocycles. The maximum atomic E-state index is 12.5. The number of hydrogen-bond donors (Lipinski definition) is 1. The van der Waals surface area contributed by atoms with Gasteiger partial charge in [0, 0.05) is 25.3 Å². The van der Waals surface area contributed by atoms with Crippen LogP contribution in [0.4, 0.5) is 11.4 Å². The van der Waals surface area contributed by atoms with Crippen molar-refractivity contribution in [1.29, 1.82) is 0 Å². The van der Waals surface area contributed by atoms with E-state index in [-0.39, 0.29) is 12.5 Å². The maximum Gasteiger partial charge on any atom is 0.241 e. The van der Waals surface area contributed by atoms with Crippen molar-refractivity contribution >= 4 is 27.3 Å². The molecule has 1 amide bonds. The molecule has 1 aliphatic rings. The molecule has 2 aromatic carbocycles. The maximum absolute atomic E-state index is 12.5. The molecule has 0 saturated carbocycles. The van der Waals surface area contributed by atoms with Gasteiger partial charge in [-0.1, -0.05) is 25.1 Å². The van der Waals surface area contributed by atoms with E-state index < -0.39 is 10.0 Å². The summed E-state index contributed by atoms with van der Waals surface area (Å²) in [7, 11) is -3.58. The summed E-state index contributed by atoms with van der Waals surface area (Å²) in [5.74, 6) is 0.375. The number of nitrogens with zero attached hydrogens (tertiary/aromatic N) is 2. The van der Waals surface area contributed by atoms with Gasteiger partial charge in [0.25, 0.3) is 0 Å². The van der Waals surface area contributed by atoms with Crippen LogP contribution in [0.1, 0.15) is 36.5 Å². The molecule has 31 heavy (non-hydrogen) atoms. The lowest BCUT2D eigenvalue weighted by molar-refractivity contribution is -0.119. The molecule has 1 aliphatic heterocycles. The number of piperidine rings is 1. The second-order valence-corrected chi connectivity index (χ2v) is 10.6. The molecule has 0 spiro atoms. The standard InChI is InChI=1S/C24H33N3O3S/c1-18-6-5-13-26(16-18)22-11-8-21(9-12-22)15-25-24(28)17-27(31(4,29)30)23-10-7-19(2)20(3)14-23/h7-12,14,18H,5-6,13,15-17H2,1-4H3,(H,25,28). The first-order chi connectivity index (χ1) is 14.6. The quantitative estimate of drug-likeness (QED) is 0.710. The molecule has 3 rings (SSSR count). The smallest absolute Gasteiger partial charge is 0.241 e. The fraction of sp³-hybridized carbons (Fsp3) is 0.458. The number of anilines is 2. The molecule has 2 aromatic rings. The predicted molar refractivity (Wildman–Crippen MR) is 127 cm³/mol. The topological polar surface area (TPSA) is 69.7 Å². The molecule has 1 fully saturated rings. The average Bonchev–Trinajstić information content (AvgIpc) is 2.72. The summed E-state index contributed by atoms with van der Waals surface area (Å²) < 4.78 is 25.7. The molecule has 1 N–H and O–H groups in total. The average molecular weight is 444 g/mol. The molecule has 1 unspecified atom stereocenters. The zero-order valence-corrected chi connectivity index (χ0v) is 19.7. The third-order valence-corrected chi connectivity index (χ3v) is 7.05. The van der Waals surface area contributed by atoms with E-state index in [2.05, 4.69) is 29.3 Å². The largest absolute Gasteiger partial charge is 0.371 e. The van der Waals surface area contributed by atoms with E-state index in [1.165, 1.54) is 18.5 Å². The monoisotopic (exact) mass is 443 g/mol. The van der Waals surface area contributed by atoms with Crippen LogP contribution in [0.2, 0.25) is 0 Å². The number of hydrogen-bond acceptors (Lipinski definition) is 4. The highest BCUT2D eigenvalue weighted by molar-refractivity contribution is 7.92. The van der Waals surface area contributed by atoms with Crippen molar-refractivity contribution in [2.24, 2.45) is 5.92 Å². The Labute approximate surface area is 186 Å². The molecule has 0 aromatic heterocycles. The van der Waals surface area contributed by atoms with Gasteiger partial charge in [-0.25, -0.2) is 8.42 Å². The number of nitrogens with one attached hydrogen (secondary N) is 1. The molecule has 0 bridgehead atoms. The summed E-state index contributed by atoms with van der Waals surface area (Å²) in [5.41, 5.74) is 4.75. The highest BCUT2D eigenvalue weighted by Crippen LogP contribution is 2.23. The minimum Gasteiger partial charge on any atom is -0.371 e. The van der Waals surface area contributed by atoms with Crippen LogP contribution in [0, 0.1) is 19.8 Å². The zero-order valence-electron chi connectivity index (χ0n) is 18.9. The molecule has 168 valence electrons. The van der Waals surface area contributed by atoms with Crippen molar-refractivity contribution in [3.8, 4) is 0 Å². The van der Waals surface area contributed by atoms with Crippen LogP contribution in [0.15, 0.2) is 42.5 Å². The molecule has 7 heteroatoms. The van der Waals surface area contributed by atoms with E-state index in [0.717, 1.165) is 40.3 Å². The van der Waals surface area contributed by atoms with Gasteiger partial charge in [0.05, 0.1) is 11.9 Å². The molecular formula is C24H33N3O3S. The van der Waals surface area contributed by atoms with Crippen molar-refractivity contribution < 1.29 is 13.2 Å². The van der Waals surface area contributed by atoms with Gasteiger partial charge in [-0.3, -0.25) is 9.10 Å². The second-order valence-electron chi connectivity index (χ2n) is 8.67. The summed E-state index contributed by atoms with van der Waals surface area (Å²) in [6.45, 7) is 8.45. The van der Waals surface area contributed by atoms with Crippen LogP contribution in [-0.2, 0) is 21.4 Å². The summed E-state index contributed by atoms with van der Waals surface area (Å²) in [6, 6.07) is 13.6. The Balaban J connectivity index is 1.60. The van der Waals surface area contributed by atoms with Gasteiger partial charge in [-0.15, -0.1) is 0 Å². The Hall–Kier alpha value is -2.54. The summed E-state index contributed by atoms with van der Waals surface area (Å²) in [6.07, 6.45) is 3.62. The van der Waals surface area contributed by atoms with Crippen LogP contribution in [0.3, 0.4) is 0 Å². The van der Waals surface area contributed by atoms with Gasteiger partial charge in [-0.05, 0) is 73.6 Å². The number of amides is 1. The number of aryl methyl sites for hydroxylation is 2. The predicted octanol–water partition coefficient (Wildman–Crippen LogP) is 3.62. The molecule has 6 nitrogen and oxygen atoms in total. The van der Waals surface area contributed by atoms with E-state index in [4.69, 9.17) is 0 Å². The first-order valence-corrected chi connectivity index (χ1v) is 12.6. The minimum atomic E-state index is -3.58. The molecular weight excluding hydrogens is 410 g/mol. The highest BCUT2D eigenvalue weighted by Gasteiger charge is 2.21. The van der Waals surface area contributed by atoms with Gasteiger partial charge in [0.15, 0.2) is 0 Å². The number of rotatable bonds is 7. The second kappa shape index (κ2) is 9.73. The van der Waals surface area contributed by atoms with Crippen molar-refractivity contribution in [2.75, 3.05) is 35.1 Å². The number of carbonyl (C=O) groups is 1. The van der Waals surface area contributed by atoms with Crippen LogP contribution in [-0.4, -0.2) is 40.2 Å². The van der Waals surface area contributed by atoms with E-state index in [1.54, 1.807) is 12.1 Å². The number of carbonyl (C=O) groups excluding carboxylic acids is 1. The van der Waals surface area contributed by atoms with Gasteiger partial charge in [0.2, 0.25) is 15.9 Å². The van der Waals surface area contributed by atoms with Gasteiger partial charge in [0.1, 0.15) is 6.54 Å². The molecule has 1 atom stereocenters. The van der Waals surface area contributed by atoms with Crippen molar-refractivity contribution in [3.05, 3.63) is 59.2 Å². The highest BCUT2D eigenvalue weighted by atomic mass is 32.2. The first kappa shape index (κ1) is 23.1. The number of benzene rings is 2. The van der Waals surface area contributed by atoms with Crippen molar-refractivity contribution in [1.82, 2.24) is 5.32 Å². The Morgan fingerprint density at radius 3 is 2.45 bits per heavy atom. The van der Waals surface area contributed by atoms with Crippen LogP contribution < -0.4 is 14.5 Å². The Morgan fingerprint density at radius 1 is 1.13 bits per heavy atom. The van der Waals surface area contributed by atoms with Gasteiger partial charge in [-0.2, -0.15) is 0 Å². The van der Waals surface area contributed by atoms with E-state index in [0.29, 0.717) is 18.2 Å². The SMILES string of the molecule is Cc1ccc(N(CC(=O)NCc2ccc(N3CCCC(C)C3)cc2)S(C)(=O)=O)cc1C. The molecule has 1 heterocycles.